The first-order valence-corrected chi connectivity index (χ1v) is 11.8. The monoisotopic (exact) mass is 569 g/mol. The summed E-state index contributed by atoms with van der Waals surface area (Å²) in [6, 6.07) is 16.0. The Morgan fingerprint density at radius 3 is 2.34 bits per heavy atom. The smallest absolute Gasteiger partial charge is 0.292 e. The first-order valence-electron chi connectivity index (χ1n) is 9.22. The van der Waals surface area contributed by atoms with Crippen molar-refractivity contribution in [2.75, 3.05) is 5.32 Å². The van der Waals surface area contributed by atoms with Crippen molar-refractivity contribution in [1.29, 1.82) is 0 Å². The minimum atomic E-state index is -4.09. The van der Waals surface area contributed by atoms with Crippen LogP contribution in [0.25, 0.3) is 0 Å². The van der Waals surface area contributed by atoms with Crippen molar-refractivity contribution in [3.63, 3.8) is 0 Å². The molecule has 0 spiro atoms. The summed E-state index contributed by atoms with van der Waals surface area (Å²) in [5.74, 6) is -1.65. The molecule has 11 heteroatoms. The Hall–Kier alpha value is -2.90. The van der Waals surface area contributed by atoms with E-state index in [9.17, 15) is 27.7 Å². The highest BCUT2D eigenvalue weighted by Gasteiger charge is 2.28. The quantitative estimate of drug-likeness (QED) is 0.243. The number of hydrogen-bond donors (Lipinski definition) is 2. The van der Waals surface area contributed by atoms with Crippen LogP contribution in [0, 0.1) is 19.5 Å². The van der Waals surface area contributed by atoms with Gasteiger partial charge in [0.2, 0.25) is 15.9 Å². The molecule has 0 radical (unpaired) electrons. The second-order valence-electron chi connectivity index (χ2n) is 6.73. The molecule has 166 valence electrons. The zero-order chi connectivity index (χ0) is 23.3. The van der Waals surface area contributed by atoms with Crippen LogP contribution in [0.2, 0.25) is 0 Å². The van der Waals surface area contributed by atoms with E-state index in [0.29, 0.717) is 5.56 Å². The highest BCUT2D eigenvalue weighted by Crippen LogP contribution is 2.25. The van der Waals surface area contributed by atoms with E-state index >= 15 is 0 Å². The van der Waals surface area contributed by atoms with Crippen LogP contribution in [0.5, 0.6) is 0 Å². The molecule has 0 unspecified atom stereocenters. The molecular weight excluding hydrogens is 552 g/mol. The van der Waals surface area contributed by atoms with Gasteiger partial charge in [-0.2, -0.15) is 4.72 Å². The number of hydrogen-bond acceptors (Lipinski definition) is 5. The second kappa shape index (κ2) is 10.1. The van der Waals surface area contributed by atoms with Gasteiger partial charge in [-0.15, -0.1) is 0 Å². The van der Waals surface area contributed by atoms with Crippen LogP contribution >= 0.6 is 22.6 Å². The van der Waals surface area contributed by atoms with Crippen LogP contribution in [-0.4, -0.2) is 25.3 Å². The van der Waals surface area contributed by atoms with Gasteiger partial charge >= 0.3 is 0 Å². The zero-order valence-corrected chi connectivity index (χ0v) is 19.3. The van der Waals surface area contributed by atoms with Gasteiger partial charge < -0.3 is 5.32 Å². The van der Waals surface area contributed by atoms with Crippen LogP contribution in [0.3, 0.4) is 0 Å². The lowest BCUT2D eigenvalue weighted by atomic mass is 10.1. The molecule has 0 saturated carbocycles. The van der Waals surface area contributed by atoms with Crippen LogP contribution in [-0.2, 0) is 21.2 Å². The maximum atomic E-state index is 13.6. The van der Waals surface area contributed by atoms with E-state index in [-0.39, 0.29) is 17.0 Å². The largest absolute Gasteiger partial charge is 0.319 e. The fourth-order valence-electron chi connectivity index (χ4n) is 2.89. The van der Waals surface area contributed by atoms with E-state index < -0.39 is 38.4 Å². The third kappa shape index (κ3) is 6.08. The summed E-state index contributed by atoms with van der Waals surface area (Å²) in [7, 11) is -4.09. The molecular formula is C21H17FIN3O5S. The molecule has 0 aliphatic rings. The Bertz CT molecular complexity index is 1240. The fraction of sp³-hybridized carbons (Fsp3) is 0.0952. The van der Waals surface area contributed by atoms with Crippen molar-refractivity contribution in [2.24, 2.45) is 0 Å². The lowest BCUT2D eigenvalue weighted by Gasteiger charge is -2.19. The fourth-order valence-corrected chi connectivity index (χ4v) is 4.45. The number of nitro groups is 1. The molecule has 3 aromatic rings. The number of sulfonamides is 1. The summed E-state index contributed by atoms with van der Waals surface area (Å²) in [6.07, 6.45) is -0.0284. The second-order valence-corrected chi connectivity index (χ2v) is 9.68. The molecule has 3 rings (SSSR count). The topological polar surface area (TPSA) is 118 Å². The highest BCUT2D eigenvalue weighted by molar-refractivity contribution is 14.1. The third-order valence-corrected chi connectivity index (χ3v) is 6.64. The van der Waals surface area contributed by atoms with Gasteiger partial charge in [-0.3, -0.25) is 14.9 Å². The first-order chi connectivity index (χ1) is 15.2. The van der Waals surface area contributed by atoms with Crippen molar-refractivity contribution in [1.82, 2.24) is 4.72 Å². The number of nitrogens with zero attached hydrogens (tertiary/aromatic N) is 1. The van der Waals surface area contributed by atoms with E-state index in [2.05, 4.69) is 10.0 Å². The molecule has 1 amide bonds. The average molecular weight is 569 g/mol. The lowest BCUT2D eigenvalue weighted by Crippen LogP contribution is -2.45. The molecule has 0 saturated heterocycles. The molecule has 0 heterocycles. The van der Waals surface area contributed by atoms with Crippen molar-refractivity contribution in [3.8, 4) is 0 Å². The van der Waals surface area contributed by atoms with Gasteiger partial charge in [0.25, 0.3) is 5.69 Å². The number of nitro benzene ring substituents is 1. The molecule has 8 nitrogen and oxygen atoms in total. The number of halogens is 2. The molecule has 0 aliphatic heterocycles. The zero-order valence-electron chi connectivity index (χ0n) is 16.4. The number of benzene rings is 3. The van der Waals surface area contributed by atoms with Crippen LogP contribution in [0.4, 0.5) is 15.8 Å². The Labute approximate surface area is 197 Å². The highest BCUT2D eigenvalue weighted by atomic mass is 127. The standard InChI is InChI=1S/C21H17FIN3O5S/c22-15-6-11-20(26(28)29)18(13-15)24-21(27)19(12-14-4-2-1-3-5-14)25-32(30,31)17-9-7-16(23)8-10-17/h1-11,13,19,25H,12H2,(H,24,27)/t19-/m0/s1. The van der Waals surface area contributed by atoms with Crippen molar-refractivity contribution < 1.29 is 22.5 Å². The Balaban J connectivity index is 1.92. The van der Waals surface area contributed by atoms with Gasteiger partial charge in [0, 0.05) is 15.7 Å². The van der Waals surface area contributed by atoms with E-state index in [0.717, 1.165) is 21.8 Å². The Morgan fingerprint density at radius 1 is 1.06 bits per heavy atom. The Morgan fingerprint density at radius 2 is 1.72 bits per heavy atom. The minimum absolute atomic E-state index is 0.0284. The summed E-state index contributed by atoms with van der Waals surface area (Å²) in [5.41, 5.74) is -0.225. The minimum Gasteiger partial charge on any atom is -0.319 e. The normalized spacial score (nSPS) is 12.2. The van der Waals surface area contributed by atoms with Gasteiger partial charge in [0.15, 0.2) is 0 Å². The number of carbonyl (C=O) groups is 1. The molecule has 1 atom stereocenters. The number of rotatable bonds is 8. The summed E-state index contributed by atoms with van der Waals surface area (Å²) in [5, 5.41) is 13.5. The summed E-state index contributed by atoms with van der Waals surface area (Å²) in [4.78, 5) is 23.4. The van der Waals surface area contributed by atoms with Crippen LogP contribution in [0.15, 0.2) is 77.7 Å². The summed E-state index contributed by atoms with van der Waals surface area (Å²) in [6.45, 7) is 0. The number of amides is 1. The summed E-state index contributed by atoms with van der Waals surface area (Å²) >= 11 is 2.03. The van der Waals surface area contributed by atoms with Gasteiger partial charge in [0.1, 0.15) is 17.5 Å². The first kappa shape index (κ1) is 23.8. The van der Waals surface area contributed by atoms with Gasteiger partial charge in [-0.25, -0.2) is 12.8 Å². The maximum Gasteiger partial charge on any atom is 0.292 e. The van der Waals surface area contributed by atoms with Crippen molar-refractivity contribution in [3.05, 3.63) is 97.9 Å². The van der Waals surface area contributed by atoms with E-state index in [1.165, 1.54) is 12.1 Å². The molecule has 0 fully saturated rings. The number of nitrogens with one attached hydrogen (secondary N) is 2. The molecule has 2 N–H and O–H groups in total. The van der Waals surface area contributed by atoms with Crippen LogP contribution in [0.1, 0.15) is 5.56 Å². The number of carbonyl (C=O) groups excluding carboxylic acids is 1. The Kier molecular flexibility index (Phi) is 7.53. The molecule has 32 heavy (non-hydrogen) atoms. The summed E-state index contributed by atoms with van der Waals surface area (Å²) < 4.78 is 42.6. The van der Waals surface area contributed by atoms with Crippen molar-refractivity contribution >= 4 is 49.9 Å². The number of anilines is 1. The molecule has 0 aromatic heterocycles. The predicted octanol–water partition coefficient (Wildman–Crippen LogP) is 3.87. The van der Waals surface area contributed by atoms with Gasteiger partial charge in [0.05, 0.1) is 9.82 Å². The van der Waals surface area contributed by atoms with Gasteiger partial charge in [-0.05, 0) is 64.9 Å². The lowest BCUT2D eigenvalue weighted by molar-refractivity contribution is -0.384. The maximum absolute atomic E-state index is 13.6. The van der Waals surface area contributed by atoms with Crippen molar-refractivity contribution in [2.45, 2.75) is 17.4 Å². The van der Waals surface area contributed by atoms with Gasteiger partial charge in [-0.1, -0.05) is 30.3 Å². The van der Waals surface area contributed by atoms with E-state index in [4.69, 9.17) is 0 Å². The molecule has 0 aliphatic carbocycles. The van der Waals surface area contributed by atoms with E-state index in [1.54, 1.807) is 42.5 Å². The third-order valence-electron chi connectivity index (χ3n) is 4.43. The molecule has 3 aromatic carbocycles. The van der Waals surface area contributed by atoms with Crippen LogP contribution < -0.4 is 10.0 Å². The molecule has 0 bridgehead atoms. The predicted molar refractivity (Wildman–Crippen MR) is 125 cm³/mol. The SMILES string of the molecule is O=C(Nc1cc(F)ccc1[N+](=O)[O-])[C@H](Cc1ccccc1)NS(=O)(=O)c1ccc(I)cc1. The average Bonchev–Trinajstić information content (AvgIpc) is 2.74. The van der Waals surface area contributed by atoms with E-state index in [1.807, 2.05) is 22.6 Å².